The van der Waals surface area contributed by atoms with E-state index in [-0.39, 0.29) is 23.3 Å². The normalized spacial score (nSPS) is 26.6. The Kier molecular flexibility index (Phi) is 3.97. The van der Waals surface area contributed by atoms with E-state index in [4.69, 9.17) is 5.11 Å². The molecule has 1 aromatic heterocycles. The van der Waals surface area contributed by atoms with Gasteiger partial charge in [-0.1, -0.05) is 12.8 Å². The molecule has 1 aliphatic heterocycles. The Bertz CT molecular complexity index is 645. The highest BCUT2D eigenvalue weighted by molar-refractivity contribution is 5.96. The number of carboxylic acid groups (broad SMARTS) is 2. The second-order valence-electron chi connectivity index (χ2n) is 6.01. The molecule has 122 valence electrons. The third kappa shape index (κ3) is 2.76. The van der Waals surface area contributed by atoms with Crippen LogP contribution in [0.4, 0.5) is 0 Å². The van der Waals surface area contributed by atoms with Gasteiger partial charge in [-0.15, -0.1) is 0 Å². The van der Waals surface area contributed by atoms with Gasteiger partial charge in [0.2, 0.25) is 0 Å². The van der Waals surface area contributed by atoms with Gasteiger partial charge in [-0.25, -0.2) is 19.6 Å². The summed E-state index contributed by atoms with van der Waals surface area (Å²) < 4.78 is 0. The lowest BCUT2D eigenvalue weighted by atomic mass is 9.84. The van der Waals surface area contributed by atoms with Crippen LogP contribution in [0, 0.1) is 5.92 Å². The molecule has 23 heavy (non-hydrogen) atoms. The standard InChI is InChI=1S/C15H17N3O5/c19-13(9-6-17-10(7-16-9)14(20)21)18-11-4-2-1-3-8(11)5-12(18)15(22)23/h6-8,11-12H,1-5H2,(H,20,21)(H,22,23). The first-order valence-corrected chi connectivity index (χ1v) is 7.60. The van der Waals surface area contributed by atoms with Crippen molar-refractivity contribution in [1.82, 2.24) is 14.9 Å². The molecule has 0 bridgehead atoms. The fourth-order valence-corrected chi connectivity index (χ4v) is 3.65. The van der Waals surface area contributed by atoms with Crippen molar-refractivity contribution in [3.63, 3.8) is 0 Å². The highest BCUT2D eigenvalue weighted by atomic mass is 16.4. The molecule has 1 amide bonds. The SMILES string of the molecule is O=C(O)c1cnc(C(=O)N2C(C(=O)O)CC3CCCCC32)cn1. The van der Waals surface area contributed by atoms with Crippen LogP contribution < -0.4 is 0 Å². The van der Waals surface area contributed by atoms with Gasteiger partial charge in [0.25, 0.3) is 5.91 Å². The van der Waals surface area contributed by atoms with E-state index in [2.05, 4.69) is 9.97 Å². The summed E-state index contributed by atoms with van der Waals surface area (Å²) in [5, 5.41) is 18.3. The van der Waals surface area contributed by atoms with Crippen molar-refractivity contribution in [2.45, 2.75) is 44.2 Å². The molecule has 3 atom stereocenters. The number of nitrogens with zero attached hydrogens (tertiary/aromatic N) is 3. The zero-order chi connectivity index (χ0) is 16.6. The van der Waals surface area contributed by atoms with Gasteiger partial charge in [0, 0.05) is 6.04 Å². The summed E-state index contributed by atoms with van der Waals surface area (Å²) in [6.07, 6.45) is 6.33. The van der Waals surface area contributed by atoms with Gasteiger partial charge in [0.15, 0.2) is 5.69 Å². The number of rotatable bonds is 3. The molecular weight excluding hydrogens is 302 g/mol. The highest BCUT2D eigenvalue weighted by Crippen LogP contribution is 2.40. The Balaban J connectivity index is 1.88. The lowest BCUT2D eigenvalue weighted by Crippen LogP contribution is -2.46. The second kappa shape index (κ2) is 5.94. The second-order valence-corrected chi connectivity index (χ2v) is 6.01. The van der Waals surface area contributed by atoms with Crippen molar-refractivity contribution in [3.05, 3.63) is 23.8 Å². The molecular formula is C15H17N3O5. The molecule has 1 saturated heterocycles. The number of carbonyl (C=O) groups is 3. The number of aliphatic carboxylic acids is 1. The molecule has 1 saturated carbocycles. The Morgan fingerprint density at radius 1 is 1.04 bits per heavy atom. The summed E-state index contributed by atoms with van der Waals surface area (Å²) in [4.78, 5) is 44.0. The Morgan fingerprint density at radius 2 is 1.70 bits per heavy atom. The van der Waals surface area contributed by atoms with Crippen molar-refractivity contribution in [2.24, 2.45) is 5.92 Å². The molecule has 2 heterocycles. The van der Waals surface area contributed by atoms with Crippen LogP contribution in [0.25, 0.3) is 0 Å². The quantitative estimate of drug-likeness (QED) is 0.853. The lowest BCUT2D eigenvalue weighted by Gasteiger charge is -2.32. The van der Waals surface area contributed by atoms with Crippen molar-refractivity contribution < 1.29 is 24.6 Å². The number of hydrogen-bond acceptors (Lipinski definition) is 5. The summed E-state index contributed by atoms with van der Waals surface area (Å²) >= 11 is 0. The number of likely N-dealkylation sites (tertiary alicyclic amines) is 1. The number of hydrogen-bond donors (Lipinski definition) is 2. The zero-order valence-electron chi connectivity index (χ0n) is 12.4. The van der Waals surface area contributed by atoms with E-state index in [1.165, 1.54) is 4.90 Å². The predicted octanol–water partition coefficient (Wildman–Crippen LogP) is 1.03. The molecule has 1 aliphatic carbocycles. The van der Waals surface area contributed by atoms with Crippen LogP contribution in [0.2, 0.25) is 0 Å². The fraction of sp³-hybridized carbons (Fsp3) is 0.533. The minimum absolute atomic E-state index is 0.0209. The molecule has 0 aromatic carbocycles. The summed E-state index contributed by atoms with van der Waals surface area (Å²) in [5.74, 6) is -2.52. The average molecular weight is 319 g/mol. The van der Waals surface area contributed by atoms with Crippen LogP contribution in [0.1, 0.15) is 53.1 Å². The number of carbonyl (C=O) groups excluding carboxylic acids is 1. The van der Waals surface area contributed by atoms with Crippen molar-refractivity contribution in [2.75, 3.05) is 0 Å². The maximum absolute atomic E-state index is 12.7. The molecule has 3 unspecified atom stereocenters. The molecule has 8 heteroatoms. The molecule has 1 aromatic rings. The first-order valence-electron chi connectivity index (χ1n) is 7.60. The maximum atomic E-state index is 12.7. The lowest BCUT2D eigenvalue weighted by molar-refractivity contribution is -0.141. The van der Waals surface area contributed by atoms with Gasteiger partial charge >= 0.3 is 11.9 Å². The number of aromatic carboxylic acids is 1. The van der Waals surface area contributed by atoms with Gasteiger partial charge in [-0.3, -0.25) is 4.79 Å². The molecule has 2 N–H and O–H groups in total. The molecule has 2 fully saturated rings. The molecule has 3 rings (SSSR count). The zero-order valence-corrected chi connectivity index (χ0v) is 12.4. The summed E-state index contributed by atoms with van der Waals surface area (Å²) in [6, 6.07) is -0.935. The summed E-state index contributed by atoms with van der Waals surface area (Å²) in [5.41, 5.74) is -0.277. The monoisotopic (exact) mass is 319 g/mol. The van der Waals surface area contributed by atoms with Crippen LogP contribution in [0.5, 0.6) is 0 Å². The number of amides is 1. The largest absolute Gasteiger partial charge is 0.480 e. The number of fused-ring (bicyclic) bond motifs is 1. The molecule has 2 aliphatic rings. The Morgan fingerprint density at radius 3 is 2.30 bits per heavy atom. The van der Waals surface area contributed by atoms with E-state index >= 15 is 0 Å². The van der Waals surface area contributed by atoms with E-state index in [1.54, 1.807) is 0 Å². The van der Waals surface area contributed by atoms with Crippen molar-refractivity contribution in [3.8, 4) is 0 Å². The van der Waals surface area contributed by atoms with E-state index in [0.717, 1.165) is 38.1 Å². The Labute approximate surface area is 132 Å². The average Bonchev–Trinajstić information content (AvgIpc) is 2.94. The van der Waals surface area contributed by atoms with Gasteiger partial charge in [-0.05, 0) is 25.2 Å². The summed E-state index contributed by atoms with van der Waals surface area (Å²) in [6.45, 7) is 0. The van der Waals surface area contributed by atoms with Crippen LogP contribution >= 0.6 is 0 Å². The van der Waals surface area contributed by atoms with E-state index in [9.17, 15) is 19.5 Å². The van der Waals surface area contributed by atoms with Crippen LogP contribution in [0.3, 0.4) is 0 Å². The topological polar surface area (TPSA) is 121 Å². The highest BCUT2D eigenvalue weighted by Gasteiger charge is 2.48. The predicted molar refractivity (Wildman–Crippen MR) is 76.9 cm³/mol. The minimum Gasteiger partial charge on any atom is -0.480 e. The first-order chi connectivity index (χ1) is 11.0. The number of aromatic nitrogens is 2. The van der Waals surface area contributed by atoms with Gasteiger partial charge in [-0.2, -0.15) is 0 Å². The van der Waals surface area contributed by atoms with Gasteiger partial charge < -0.3 is 15.1 Å². The minimum atomic E-state index is -1.23. The molecule has 0 spiro atoms. The van der Waals surface area contributed by atoms with Crippen molar-refractivity contribution >= 4 is 17.8 Å². The molecule has 0 radical (unpaired) electrons. The van der Waals surface area contributed by atoms with Gasteiger partial charge in [0.1, 0.15) is 11.7 Å². The van der Waals surface area contributed by atoms with E-state index in [0.29, 0.717) is 6.42 Å². The van der Waals surface area contributed by atoms with Crippen LogP contribution in [-0.2, 0) is 4.79 Å². The first kappa shape index (κ1) is 15.4. The van der Waals surface area contributed by atoms with Crippen LogP contribution in [-0.4, -0.2) is 55.0 Å². The van der Waals surface area contributed by atoms with E-state index < -0.39 is 23.9 Å². The smallest absolute Gasteiger partial charge is 0.356 e. The summed E-state index contributed by atoms with van der Waals surface area (Å²) in [7, 11) is 0. The maximum Gasteiger partial charge on any atom is 0.356 e. The third-order valence-electron chi connectivity index (χ3n) is 4.70. The fourth-order valence-electron chi connectivity index (χ4n) is 3.65. The molecule has 8 nitrogen and oxygen atoms in total. The Hall–Kier alpha value is -2.51. The van der Waals surface area contributed by atoms with Crippen molar-refractivity contribution in [1.29, 1.82) is 0 Å². The third-order valence-corrected chi connectivity index (χ3v) is 4.70. The van der Waals surface area contributed by atoms with E-state index in [1.807, 2.05) is 0 Å². The van der Waals surface area contributed by atoms with Crippen LogP contribution in [0.15, 0.2) is 12.4 Å². The van der Waals surface area contributed by atoms with Gasteiger partial charge in [0.05, 0.1) is 12.4 Å². The number of carboxylic acids is 2.